The molecule has 2 aromatic rings. The summed E-state index contributed by atoms with van der Waals surface area (Å²) < 4.78 is 0. The Kier molecular flexibility index (Phi) is 3.42. The van der Waals surface area contributed by atoms with Gasteiger partial charge in [-0.15, -0.1) is 0 Å². The zero-order valence-corrected chi connectivity index (χ0v) is 10.7. The first-order chi connectivity index (χ1) is 9.36. The van der Waals surface area contributed by atoms with Gasteiger partial charge >= 0.3 is 0 Å². The molecule has 4 heteroatoms. The van der Waals surface area contributed by atoms with Gasteiger partial charge < -0.3 is 9.78 Å². The van der Waals surface area contributed by atoms with E-state index in [0.29, 0.717) is 5.92 Å². The van der Waals surface area contributed by atoms with Crippen LogP contribution < -0.4 is 0 Å². The monoisotopic (exact) mass is 255 g/mol. The number of rotatable bonds is 4. The van der Waals surface area contributed by atoms with E-state index in [9.17, 15) is 4.79 Å². The fourth-order valence-electron chi connectivity index (χ4n) is 2.81. The number of aldehydes is 1. The highest BCUT2D eigenvalue weighted by Crippen LogP contribution is 2.31. The Morgan fingerprint density at radius 3 is 2.89 bits per heavy atom. The van der Waals surface area contributed by atoms with Crippen molar-refractivity contribution in [2.45, 2.75) is 24.9 Å². The van der Waals surface area contributed by atoms with Crippen LogP contribution in [-0.4, -0.2) is 33.7 Å². The molecule has 1 aromatic carbocycles. The van der Waals surface area contributed by atoms with Crippen molar-refractivity contribution < 1.29 is 4.79 Å². The van der Waals surface area contributed by atoms with Gasteiger partial charge in [-0.1, -0.05) is 30.3 Å². The van der Waals surface area contributed by atoms with Crippen LogP contribution >= 0.6 is 0 Å². The molecule has 0 aliphatic carbocycles. The molecular formula is C15H17N3O. The fourth-order valence-corrected chi connectivity index (χ4v) is 2.81. The minimum Gasteiger partial charge on any atom is -0.347 e. The van der Waals surface area contributed by atoms with Crippen LogP contribution in [-0.2, 0) is 11.3 Å². The van der Waals surface area contributed by atoms with Crippen molar-refractivity contribution in [3.63, 3.8) is 0 Å². The first kappa shape index (κ1) is 12.1. The number of hydrogen-bond acceptors (Lipinski definition) is 3. The minimum absolute atomic E-state index is 0.00788. The van der Waals surface area contributed by atoms with Crippen molar-refractivity contribution in [1.82, 2.24) is 14.9 Å². The summed E-state index contributed by atoms with van der Waals surface area (Å²) in [6.07, 6.45) is 5.47. The van der Waals surface area contributed by atoms with Crippen molar-refractivity contribution in [2.24, 2.45) is 0 Å². The maximum atomic E-state index is 11.3. The highest BCUT2D eigenvalue weighted by Gasteiger charge is 2.32. The number of imidazole rings is 1. The number of hydrogen-bond donors (Lipinski definition) is 1. The van der Waals surface area contributed by atoms with Crippen LogP contribution in [0.3, 0.4) is 0 Å². The fraction of sp³-hybridized carbons (Fsp3) is 0.333. The zero-order chi connectivity index (χ0) is 13.1. The number of H-pyrrole nitrogens is 1. The largest absolute Gasteiger partial charge is 0.347 e. The molecular weight excluding hydrogens is 238 g/mol. The summed E-state index contributed by atoms with van der Waals surface area (Å²) in [4.78, 5) is 20.6. The Morgan fingerprint density at radius 2 is 2.21 bits per heavy atom. The molecule has 0 amide bonds. The summed E-state index contributed by atoms with van der Waals surface area (Å²) >= 11 is 0. The first-order valence-electron chi connectivity index (χ1n) is 6.58. The molecule has 0 spiro atoms. The van der Waals surface area contributed by atoms with Gasteiger partial charge in [0.25, 0.3) is 0 Å². The molecule has 1 aliphatic rings. The Balaban J connectivity index is 1.73. The van der Waals surface area contributed by atoms with Gasteiger partial charge in [0, 0.05) is 25.0 Å². The number of aromatic amines is 1. The maximum Gasteiger partial charge on any atom is 0.137 e. The lowest BCUT2D eigenvalue weighted by Crippen LogP contribution is -2.30. The van der Waals surface area contributed by atoms with Gasteiger partial charge in [0.05, 0.1) is 12.4 Å². The lowest BCUT2D eigenvalue weighted by Gasteiger charge is -2.18. The van der Waals surface area contributed by atoms with Gasteiger partial charge in [-0.3, -0.25) is 4.90 Å². The first-order valence-corrected chi connectivity index (χ1v) is 6.58. The predicted molar refractivity (Wildman–Crippen MR) is 72.6 cm³/mol. The molecule has 1 N–H and O–H groups in total. The van der Waals surface area contributed by atoms with Crippen molar-refractivity contribution in [1.29, 1.82) is 0 Å². The molecule has 1 aromatic heterocycles. The SMILES string of the molecule is O=CC1CC(c2ccccc2)CN1Cc1cnc[nH]1. The summed E-state index contributed by atoms with van der Waals surface area (Å²) in [5.74, 6) is 0.444. The highest BCUT2D eigenvalue weighted by atomic mass is 16.1. The van der Waals surface area contributed by atoms with Crippen LogP contribution in [0, 0.1) is 0 Å². The molecule has 0 saturated carbocycles. The highest BCUT2D eigenvalue weighted by molar-refractivity contribution is 5.58. The quantitative estimate of drug-likeness (QED) is 0.850. The van der Waals surface area contributed by atoms with Crippen LogP contribution in [0.25, 0.3) is 0 Å². The van der Waals surface area contributed by atoms with E-state index in [0.717, 1.165) is 31.5 Å². The molecule has 1 aliphatic heterocycles. The molecule has 3 rings (SSSR count). The van der Waals surface area contributed by atoms with E-state index < -0.39 is 0 Å². The number of carbonyl (C=O) groups excluding carboxylic acids is 1. The molecule has 2 atom stereocenters. The number of aromatic nitrogens is 2. The van der Waals surface area contributed by atoms with E-state index in [1.165, 1.54) is 5.56 Å². The summed E-state index contributed by atoms with van der Waals surface area (Å²) in [6, 6.07) is 10.4. The average molecular weight is 255 g/mol. The number of benzene rings is 1. The maximum absolute atomic E-state index is 11.3. The van der Waals surface area contributed by atoms with Crippen LogP contribution in [0.4, 0.5) is 0 Å². The molecule has 98 valence electrons. The Labute approximate surface area is 112 Å². The van der Waals surface area contributed by atoms with Crippen molar-refractivity contribution in [3.05, 3.63) is 54.1 Å². The van der Waals surface area contributed by atoms with E-state index in [1.807, 2.05) is 12.3 Å². The molecule has 1 fully saturated rings. The van der Waals surface area contributed by atoms with E-state index in [4.69, 9.17) is 0 Å². The zero-order valence-electron chi connectivity index (χ0n) is 10.7. The van der Waals surface area contributed by atoms with Gasteiger partial charge in [0.1, 0.15) is 6.29 Å². The van der Waals surface area contributed by atoms with E-state index in [1.54, 1.807) is 6.33 Å². The second kappa shape index (κ2) is 5.36. The van der Waals surface area contributed by atoms with Crippen LogP contribution in [0.15, 0.2) is 42.9 Å². The number of nitrogens with one attached hydrogen (secondary N) is 1. The third-order valence-corrected chi connectivity index (χ3v) is 3.81. The molecule has 1 saturated heterocycles. The third kappa shape index (κ3) is 2.58. The molecule has 2 unspecified atom stereocenters. The van der Waals surface area contributed by atoms with E-state index in [-0.39, 0.29) is 6.04 Å². The van der Waals surface area contributed by atoms with Crippen molar-refractivity contribution >= 4 is 6.29 Å². The third-order valence-electron chi connectivity index (χ3n) is 3.81. The molecule has 2 heterocycles. The number of carbonyl (C=O) groups is 1. The predicted octanol–water partition coefficient (Wildman–Crippen LogP) is 1.97. The van der Waals surface area contributed by atoms with Crippen LogP contribution in [0.1, 0.15) is 23.6 Å². The smallest absolute Gasteiger partial charge is 0.137 e. The molecule has 4 nitrogen and oxygen atoms in total. The van der Waals surface area contributed by atoms with Gasteiger partial charge in [0.2, 0.25) is 0 Å². The standard InChI is InChI=1S/C15H17N3O/c19-10-15-6-13(12-4-2-1-3-5-12)8-18(15)9-14-7-16-11-17-14/h1-5,7,10-11,13,15H,6,8-9H2,(H,16,17). The normalized spacial score (nSPS) is 23.6. The Morgan fingerprint density at radius 1 is 1.37 bits per heavy atom. The minimum atomic E-state index is 0.00788. The van der Waals surface area contributed by atoms with Crippen molar-refractivity contribution in [2.75, 3.05) is 6.54 Å². The number of nitrogens with zero attached hydrogens (tertiary/aromatic N) is 2. The van der Waals surface area contributed by atoms with Gasteiger partial charge in [-0.2, -0.15) is 0 Å². The lowest BCUT2D eigenvalue weighted by atomic mass is 9.97. The second-order valence-corrected chi connectivity index (χ2v) is 5.05. The van der Waals surface area contributed by atoms with E-state index in [2.05, 4.69) is 39.1 Å². The summed E-state index contributed by atoms with van der Waals surface area (Å²) in [6.45, 7) is 1.68. The second-order valence-electron chi connectivity index (χ2n) is 5.05. The number of likely N-dealkylation sites (tertiary alicyclic amines) is 1. The Hall–Kier alpha value is -1.94. The lowest BCUT2D eigenvalue weighted by molar-refractivity contribution is -0.111. The van der Waals surface area contributed by atoms with Gasteiger partial charge in [-0.25, -0.2) is 4.98 Å². The van der Waals surface area contributed by atoms with Crippen molar-refractivity contribution in [3.8, 4) is 0 Å². The summed E-state index contributed by atoms with van der Waals surface area (Å²) in [5.41, 5.74) is 2.38. The summed E-state index contributed by atoms with van der Waals surface area (Å²) in [5, 5.41) is 0. The topological polar surface area (TPSA) is 49.0 Å². The molecule has 0 radical (unpaired) electrons. The van der Waals surface area contributed by atoms with Crippen LogP contribution in [0.2, 0.25) is 0 Å². The molecule has 19 heavy (non-hydrogen) atoms. The van der Waals surface area contributed by atoms with E-state index >= 15 is 0 Å². The molecule has 0 bridgehead atoms. The summed E-state index contributed by atoms with van der Waals surface area (Å²) in [7, 11) is 0. The van der Waals surface area contributed by atoms with Gasteiger partial charge in [-0.05, 0) is 17.9 Å². The van der Waals surface area contributed by atoms with Gasteiger partial charge in [0.15, 0.2) is 0 Å². The Bertz CT molecular complexity index is 524. The average Bonchev–Trinajstić information content (AvgIpc) is 3.10. The van der Waals surface area contributed by atoms with Crippen LogP contribution in [0.5, 0.6) is 0 Å².